The van der Waals surface area contributed by atoms with Gasteiger partial charge < -0.3 is 15.4 Å². The van der Waals surface area contributed by atoms with Crippen LogP contribution in [0.2, 0.25) is 0 Å². The number of hydrogen-bond acceptors (Lipinski definition) is 8. The second-order valence-corrected chi connectivity index (χ2v) is 9.65. The number of imidazole rings is 1. The first kappa shape index (κ1) is 20.2. The van der Waals surface area contributed by atoms with Crippen LogP contribution < -0.4 is 5.32 Å². The van der Waals surface area contributed by atoms with Gasteiger partial charge in [0, 0.05) is 35.6 Å². The van der Waals surface area contributed by atoms with Crippen LogP contribution >= 0.6 is 11.3 Å². The number of hydrogen-bond donors (Lipinski definition) is 4. The van der Waals surface area contributed by atoms with E-state index >= 15 is 0 Å². The van der Waals surface area contributed by atoms with Crippen LogP contribution in [-0.2, 0) is 0 Å². The van der Waals surface area contributed by atoms with Gasteiger partial charge in [0.05, 0.1) is 27.7 Å². The Morgan fingerprint density at radius 3 is 2.83 bits per heavy atom. The molecule has 6 aromatic rings. The summed E-state index contributed by atoms with van der Waals surface area (Å²) in [5, 5.41) is 23.8. The number of rotatable bonds is 6. The molecule has 1 fully saturated rings. The standard InChI is InChI=1S/C25H20N8OS/c34-25(13-3-4-13)29-16-8-14(10-26-12-16)15-9-17-20(32-33-23(17)28-11-15)24-30-18-5-6-27-22(21(18)31-24)19-2-1-7-35-19/h1-2,5-13,25,29,34H,3-4H2,(H,30,31)(H,28,32,33). The molecule has 10 heteroatoms. The third-order valence-corrected chi connectivity index (χ3v) is 7.13. The molecule has 4 N–H and O–H groups in total. The Morgan fingerprint density at radius 2 is 1.97 bits per heavy atom. The number of aromatic amines is 2. The Balaban J connectivity index is 1.28. The van der Waals surface area contributed by atoms with Crippen molar-refractivity contribution in [1.82, 2.24) is 35.1 Å². The highest BCUT2D eigenvalue weighted by Crippen LogP contribution is 2.35. The van der Waals surface area contributed by atoms with Crippen molar-refractivity contribution in [2.45, 2.75) is 19.1 Å². The number of H-pyrrole nitrogens is 2. The van der Waals surface area contributed by atoms with E-state index in [1.165, 1.54) is 0 Å². The van der Waals surface area contributed by atoms with E-state index in [2.05, 4.69) is 35.5 Å². The minimum absolute atomic E-state index is 0.324. The average molecular weight is 481 g/mol. The molecule has 0 saturated heterocycles. The topological polar surface area (TPSA) is 128 Å². The molecular formula is C25H20N8OS. The summed E-state index contributed by atoms with van der Waals surface area (Å²) < 4.78 is 0. The molecule has 0 aromatic carbocycles. The highest BCUT2D eigenvalue weighted by atomic mass is 32.1. The molecule has 7 rings (SSSR count). The molecule has 1 aliphatic rings. The summed E-state index contributed by atoms with van der Waals surface area (Å²) in [7, 11) is 0. The molecule has 6 heterocycles. The lowest BCUT2D eigenvalue weighted by Crippen LogP contribution is -2.20. The quantitative estimate of drug-likeness (QED) is 0.251. The van der Waals surface area contributed by atoms with Crippen molar-refractivity contribution in [2.75, 3.05) is 5.32 Å². The Labute approximate surface area is 203 Å². The molecule has 1 saturated carbocycles. The third-order valence-electron chi connectivity index (χ3n) is 6.25. The van der Waals surface area contributed by atoms with Crippen LogP contribution in [0.4, 0.5) is 5.69 Å². The maximum absolute atomic E-state index is 10.2. The summed E-state index contributed by atoms with van der Waals surface area (Å²) in [5.41, 5.74) is 6.49. The molecule has 0 amide bonds. The van der Waals surface area contributed by atoms with Crippen molar-refractivity contribution in [2.24, 2.45) is 5.92 Å². The predicted octanol–water partition coefficient (Wildman–Crippen LogP) is 4.83. The van der Waals surface area contributed by atoms with E-state index < -0.39 is 6.23 Å². The van der Waals surface area contributed by atoms with Gasteiger partial charge >= 0.3 is 0 Å². The van der Waals surface area contributed by atoms with Gasteiger partial charge in [0.15, 0.2) is 11.5 Å². The van der Waals surface area contributed by atoms with Crippen LogP contribution in [0.1, 0.15) is 12.8 Å². The first-order chi connectivity index (χ1) is 17.2. The maximum Gasteiger partial charge on any atom is 0.159 e. The fourth-order valence-corrected chi connectivity index (χ4v) is 4.98. The highest BCUT2D eigenvalue weighted by molar-refractivity contribution is 7.13. The number of aliphatic hydroxyl groups is 1. The molecule has 0 aliphatic heterocycles. The van der Waals surface area contributed by atoms with Gasteiger partial charge in [0.2, 0.25) is 0 Å². The summed E-state index contributed by atoms with van der Waals surface area (Å²) in [6.07, 6.45) is 8.65. The van der Waals surface area contributed by atoms with Crippen LogP contribution in [0.15, 0.2) is 60.5 Å². The molecule has 0 spiro atoms. The SMILES string of the molecule is OC(Nc1cncc(-c2cnc3[nH]nc(-c4nc5c(-c6cccs6)nccc5[nH]4)c3c2)c1)C1CC1. The average Bonchev–Trinajstić information content (AvgIpc) is 3.26. The molecule has 1 unspecified atom stereocenters. The van der Waals surface area contributed by atoms with Crippen LogP contribution in [0.25, 0.3) is 55.3 Å². The van der Waals surface area contributed by atoms with E-state index in [0.29, 0.717) is 23.1 Å². The molecule has 172 valence electrons. The van der Waals surface area contributed by atoms with Crippen LogP contribution in [0, 0.1) is 5.92 Å². The Bertz CT molecular complexity index is 1670. The fourth-order valence-electron chi connectivity index (χ4n) is 4.26. The van der Waals surface area contributed by atoms with Gasteiger partial charge in [-0.25, -0.2) is 9.97 Å². The molecule has 6 aromatic heterocycles. The van der Waals surface area contributed by atoms with E-state index in [4.69, 9.17) is 4.98 Å². The lowest BCUT2D eigenvalue weighted by molar-refractivity contribution is 0.180. The van der Waals surface area contributed by atoms with Crippen molar-refractivity contribution in [3.63, 3.8) is 0 Å². The Kier molecular flexibility index (Phi) is 4.61. The molecule has 35 heavy (non-hydrogen) atoms. The number of thiophene rings is 1. The van der Waals surface area contributed by atoms with Crippen molar-refractivity contribution < 1.29 is 5.11 Å². The number of aromatic nitrogens is 7. The monoisotopic (exact) mass is 480 g/mol. The van der Waals surface area contributed by atoms with Gasteiger partial charge in [-0.15, -0.1) is 11.3 Å². The molecule has 9 nitrogen and oxygen atoms in total. The maximum atomic E-state index is 10.2. The van der Waals surface area contributed by atoms with Crippen molar-refractivity contribution in [3.8, 4) is 33.2 Å². The smallest absolute Gasteiger partial charge is 0.159 e. The number of pyridine rings is 3. The number of anilines is 1. The summed E-state index contributed by atoms with van der Waals surface area (Å²) in [4.78, 5) is 22.8. The largest absolute Gasteiger partial charge is 0.374 e. The summed E-state index contributed by atoms with van der Waals surface area (Å²) in [5.74, 6) is 0.974. The number of fused-ring (bicyclic) bond motifs is 2. The van der Waals surface area contributed by atoms with Crippen LogP contribution in [-0.4, -0.2) is 46.5 Å². The third kappa shape index (κ3) is 3.63. The Hall–Kier alpha value is -4.15. The van der Waals surface area contributed by atoms with Crippen molar-refractivity contribution >= 4 is 39.1 Å². The van der Waals surface area contributed by atoms with E-state index in [0.717, 1.165) is 56.6 Å². The predicted molar refractivity (Wildman–Crippen MR) is 136 cm³/mol. The van der Waals surface area contributed by atoms with E-state index in [1.807, 2.05) is 35.7 Å². The lowest BCUT2D eigenvalue weighted by Gasteiger charge is -2.13. The number of nitrogens with one attached hydrogen (secondary N) is 3. The lowest BCUT2D eigenvalue weighted by atomic mass is 10.1. The van der Waals surface area contributed by atoms with Crippen molar-refractivity contribution in [3.05, 3.63) is 60.5 Å². The van der Waals surface area contributed by atoms with Gasteiger partial charge in [-0.3, -0.25) is 15.1 Å². The summed E-state index contributed by atoms with van der Waals surface area (Å²) in [6.45, 7) is 0. The Morgan fingerprint density at radius 1 is 1.06 bits per heavy atom. The number of nitrogens with zero attached hydrogens (tertiary/aromatic N) is 5. The molecule has 0 bridgehead atoms. The van der Waals surface area contributed by atoms with E-state index in [9.17, 15) is 5.11 Å². The summed E-state index contributed by atoms with van der Waals surface area (Å²) >= 11 is 1.63. The zero-order chi connectivity index (χ0) is 23.4. The van der Waals surface area contributed by atoms with E-state index in [1.54, 1.807) is 36.1 Å². The minimum Gasteiger partial charge on any atom is -0.374 e. The van der Waals surface area contributed by atoms with Gasteiger partial charge in [-0.1, -0.05) is 6.07 Å². The normalized spacial score (nSPS) is 14.5. The first-order valence-electron chi connectivity index (χ1n) is 11.4. The molecule has 1 aliphatic carbocycles. The molecule has 0 radical (unpaired) electrons. The van der Waals surface area contributed by atoms with Crippen LogP contribution in [0.3, 0.4) is 0 Å². The zero-order valence-corrected chi connectivity index (χ0v) is 19.3. The minimum atomic E-state index is -0.547. The molecule has 1 atom stereocenters. The van der Waals surface area contributed by atoms with Gasteiger partial charge in [0.25, 0.3) is 0 Å². The second-order valence-electron chi connectivity index (χ2n) is 8.70. The van der Waals surface area contributed by atoms with Crippen molar-refractivity contribution in [1.29, 1.82) is 0 Å². The van der Waals surface area contributed by atoms with E-state index in [-0.39, 0.29) is 0 Å². The van der Waals surface area contributed by atoms with Gasteiger partial charge in [-0.05, 0) is 42.5 Å². The molecular weight excluding hydrogens is 460 g/mol. The second kappa shape index (κ2) is 7.97. The van der Waals surface area contributed by atoms with Crippen LogP contribution in [0.5, 0.6) is 0 Å². The fraction of sp³-hybridized carbons (Fsp3) is 0.160. The first-order valence-corrected chi connectivity index (χ1v) is 12.2. The highest BCUT2D eigenvalue weighted by Gasteiger charge is 2.29. The number of aliphatic hydroxyl groups excluding tert-OH is 1. The van der Waals surface area contributed by atoms with Gasteiger partial charge in [-0.2, -0.15) is 5.10 Å². The van der Waals surface area contributed by atoms with Gasteiger partial charge in [0.1, 0.15) is 23.1 Å². The zero-order valence-electron chi connectivity index (χ0n) is 18.4. The summed E-state index contributed by atoms with van der Waals surface area (Å²) in [6, 6.07) is 9.98.